The van der Waals surface area contributed by atoms with Gasteiger partial charge in [-0.15, -0.1) is 0 Å². The second kappa shape index (κ2) is 11.3. The molecule has 1 heterocycles. The number of fused-ring (bicyclic) bond motifs is 6. The molecule has 0 saturated carbocycles. The Morgan fingerprint density at radius 1 is 0.333 bits per heavy atom. The van der Waals surface area contributed by atoms with Gasteiger partial charge in [0.15, 0.2) is 17.5 Å². The van der Waals surface area contributed by atoms with E-state index in [1.54, 1.807) is 0 Å². The van der Waals surface area contributed by atoms with E-state index in [-0.39, 0.29) is 5.41 Å². The summed E-state index contributed by atoms with van der Waals surface area (Å²) in [5, 5.41) is 7.01. The van der Waals surface area contributed by atoms with E-state index in [4.69, 9.17) is 15.0 Å². The molecule has 0 fully saturated rings. The highest BCUT2D eigenvalue weighted by Crippen LogP contribution is 2.52. The van der Waals surface area contributed by atoms with Gasteiger partial charge in [-0.05, 0) is 90.0 Å². The summed E-state index contributed by atoms with van der Waals surface area (Å²) in [6.45, 7) is 4.67. The normalized spacial score (nSPS) is 13.1. The Morgan fingerprint density at radius 2 is 0.725 bits per heavy atom. The van der Waals surface area contributed by atoms with Crippen LogP contribution in [0.25, 0.3) is 88.7 Å². The van der Waals surface area contributed by atoms with Crippen LogP contribution in [-0.4, -0.2) is 15.0 Å². The third-order valence-electron chi connectivity index (χ3n) is 10.7. The number of hydrogen-bond donors (Lipinski definition) is 0. The third-order valence-corrected chi connectivity index (χ3v) is 10.7. The van der Waals surface area contributed by atoms with Crippen LogP contribution in [-0.2, 0) is 5.41 Å². The molecular formula is C48H33N3. The maximum Gasteiger partial charge on any atom is 0.164 e. The molecule has 1 aromatic heterocycles. The number of nitrogens with zero attached hydrogens (tertiary/aromatic N) is 3. The molecule has 0 N–H and O–H groups in total. The monoisotopic (exact) mass is 651 g/mol. The number of hydrogen-bond acceptors (Lipinski definition) is 3. The summed E-state index contributed by atoms with van der Waals surface area (Å²) in [6, 6.07) is 58.6. The lowest BCUT2D eigenvalue weighted by Gasteiger charge is -2.21. The van der Waals surface area contributed by atoms with E-state index in [9.17, 15) is 0 Å². The predicted octanol–water partition coefficient (Wildman–Crippen LogP) is 12.3. The summed E-state index contributed by atoms with van der Waals surface area (Å²) in [4.78, 5) is 15.2. The lowest BCUT2D eigenvalue weighted by atomic mass is 9.82. The molecule has 51 heavy (non-hydrogen) atoms. The smallest absolute Gasteiger partial charge is 0.164 e. The highest BCUT2D eigenvalue weighted by molar-refractivity contribution is 5.97. The molecule has 9 aromatic rings. The van der Waals surface area contributed by atoms with Gasteiger partial charge >= 0.3 is 0 Å². The second-order valence-electron chi connectivity index (χ2n) is 14.1. The minimum Gasteiger partial charge on any atom is -0.208 e. The van der Waals surface area contributed by atoms with Gasteiger partial charge in [0.1, 0.15) is 0 Å². The van der Waals surface area contributed by atoms with Crippen LogP contribution in [0.3, 0.4) is 0 Å². The number of aromatic nitrogens is 3. The Bertz CT molecular complexity index is 2750. The first-order chi connectivity index (χ1) is 25.0. The van der Waals surface area contributed by atoms with Gasteiger partial charge in [0, 0.05) is 22.1 Å². The average molecular weight is 652 g/mol. The van der Waals surface area contributed by atoms with Crippen LogP contribution in [0, 0.1) is 0 Å². The molecule has 0 aliphatic heterocycles. The van der Waals surface area contributed by atoms with Crippen LogP contribution in [0.15, 0.2) is 164 Å². The average Bonchev–Trinajstić information content (AvgIpc) is 3.43. The van der Waals surface area contributed by atoms with E-state index < -0.39 is 0 Å². The van der Waals surface area contributed by atoms with Gasteiger partial charge in [-0.25, -0.2) is 15.0 Å². The van der Waals surface area contributed by atoms with Crippen LogP contribution in [0.4, 0.5) is 0 Å². The van der Waals surface area contributed by atoms with Gasteiger partial charge in [0.05, 0.1) is 0 Å². The van der Waals surface area contributed by atoms with Gasteiger partial charge in [0.25, 0.3) is 0 Å². The van der Waals surface area contributed by atoms with Crippen molar-refractivity contribution in [2.45, 2.75) is 19.3 Å². The van der Waals surface area contributed by atoms with Crippen molar-refractivity contribution in [2.24, 2.45) is 0 Å². The van der Waals surface area contributed by atoms with Crippen molar-refractivity contribution in [1.82, 2.24) is 15.0 Å². The summed E-state index contributed by atoms with van der Waals surface area (Å²) in [5.41, 5.74) is 10.8. The minimum atomic E-state index is -0.0321. The quantitative estimate of drug-likeness (QED) is 0.190. The summed E-state index contributed by atoms with van der Waals surface area (Å²) >= 11 is 0. The molecule has 3 nitrogen and oxygen atoms in total. The summed E-state index contributed by atoms with van der Waals surface area (Å²) in [6.07, 6.45) is 0. The predicted molar refractivity (Wildman–Crippen MR) is 212 cm³/mol. The summed E-state index contributed by atoms with van der Waals surface area (Å²) < 4.78 is 0. The fraction of sp³-hybridized carbons (Fsp3) is 0.0625. The Labute approximate surface area is 297 Å². The zero-order valence-electron chi connectivity index (χ0n) is 28.4. The molecule has 0 saturated heterocycles. The van der Waals surface area contributed by atoms with Crippen molar-refractivity contribution in [1.29, 1.82) is 0 Å². The lowest BCUT2D eigenvalue weighted by molar-refractivity contribution is 0.660. The summed E-state index contributed by atoms with van der Waals surface area (Å²) in [7, 11) is 0. The zero-order valence-corrected chi connectivity index (χ0v) is 28.4. The van der Waals surface area contributed by atoms with Crippen molar-refractivity contribution in [2.75, 3.05) is 0 Å². The highest BCUT2D eigenvalue weighted by Gasteiger charge is 2.36. The van der Waals surface area contributed by atoms with Gasteiger partial charge in [-0.3, -0.25) is 0 Å². The van der Waals surface area contributed by atoms with Crippen LogP contribution in [0.5, 0.6) is 0 Å². The third kappa shape index (κ3) is 4.85. The van der Waals surface area contributed by atoms with Crippen molar-refractivity contribution < 1.29 is 0 Å². The van der Waals surface area contributed by atoms with Gasteiger partial charge in [-0.1, -0.05) is 153 Å². The SMILES string of the molecule is CC1(C)c2ccccc2-c2c(-c3ccc4cc(-c5nc(-c6ccc7ccccc7c6)nc(-c6ccc7ccccc7c6)n5)ccc4c3)cccc21. The Morgan fingerprint density at radius 3 is 1.29 bits per heavy atom. The number of benzene rings is 8. The van der Waals surface area contributed by atoms with E-state index in [1.165, 1.54) is 49.5 Å². The van der Waals surface area contributed by atoms with Crippen molar-refractivity contribution >= 4 is 32.3 Å². The molecule has 8 aromatic carbocycles. The Hall–Kier alpha value is -6.45. The molecule has 0 unspecified atom stereocenters. The fourth-order valence-corrected chi connectivity index (χ4v) is 7.97. The molecule has 240 valence electrons. The first kappa shape index (κ1) is 29.5. The van der Waals surface area contributed by atoms with Gasteiger partial charge in [0.2, 0.25) is 0 Å². The fourth-order valence-electron chi connectivity index (χ4n) is 7.97. The first-order valence-electron chi connectivity index (χ1n) is 17.5. The van der Waals surface area contributed by atoms with E-state index in [2.05, 4.69) is 178 Å². The Balaban J connectivity index is 1.10. The van der Waals surface area contributed by atoms with Gasteiger partial charge < -0.3 is 0 Å². The van der Waals surface area contributed by atoms with Crippen LogP contribution in [0.2, 0.25) is 0 Å². The maximum absolute atomic E-state index is 5.09. The van der Waals surface area contributed by atoms with E-state index >= 15 is 0 Å². The van der Waals surface area contributed by atoms with Crippen LogP contribution < -0.4 is 0 Å². The molecule has 3 heteroatoms. The standard InChI is InChI=1S/C48H33N3/c1-48(2)42-16-8-7-14-41(42)44-40(15-9-17-43(44)48)36-22-20-35-29-39(25-21-34(35)26-36)47-50-45(37-23-18-30-10-3-5-12-32(30)27-37)49-46(51-47)38-24-19-31-11-4-6-13-33(31)28-38/h3-29H,1-2H3. The maximum atomic E-state index is 5.09. The number of rotatable bonds is 4. The minimum absolute atomic E-state index is 0.0321. The summed E-state index contributed by atoms with van der Waals surface area (Å²) in [5.74, 6) is 1.97. The van der Waals surface area contributed by atoms with Crippen molar-refractivity contribution in [3.05, 3.63) is 175 Å². The second-order valence-corrected chi connectivity index (χ2v) is 14.1. The van der Waals surface area contributed by atoms with E-state index in [1.807, 2.05) is 0 Å². The Kier molecular flexibility index (Phi) is 6.53. The van der Waals surface area contributed by atoms with Crippen molar-refractivity contribution in [3.8, 4) is 56.4 Å². The topological polar surface area (TPSA) is 38.7 Å². The molecule has 1 aliphatic rings. The molecule has 0 bridgehead atoms. The molecule has 1 aliphatic carbocycles. The molecule has 0 radical (unpaired) electrons. The molecule has 0 atom stereocenters. The van der Waals surface area contributed by atoms with E-state index in [0.29, 0.717) is 17.5 Å². The van der Waals surface area contributed by atoms with E-state index in [0.717, 1.165) is 32.8 Å². The van der Waals surface area contributed by atoms with Crippen LogP contribution in [0.1, 0.15) is 25.0 Å². The zero-order chi connectivity index (χ0) is 34.1. The molecular weight excluding hydrogens is 619 g/mol. The van der Waals surface area contributed by atoms with Crippen LogP contribution >= 0.6 is 0 Å². The lowest BCUT2D eigenvalue weighted by Crippen LogP contribution is -2.14. The highest BCUT2D eigenvalue weighted by atomic mass is 15.0. The van der Waals surface area contributed by atoms with Gasteiger partial charge in [-0.2, -0.15) is 0 Å². The molecule has 0 spiro atoms. The van der Waals surface area contributed by atoms with Crippen molar-refractivity contribution in [3.63, 3.8) is 0 Å². The first-order valence-corrected chi connectivity index (χ1v) is 17.5. The molecule has 0 amide bonds. The molecule has 10 rings (SSSR count). The largest absolute Gasteiger partial charge is 0.208 e.